The molecule has 1 aliphatic carbocycles. The zero-order valence-corrected chi connectivity index (χ0v) is 18.6. The standard InChI is InChI=1S/C22H23N3O3S2/c1-12-3-5-15-18(9-12)30-22-20(15)21(23-13(2)24-22)29-11-19(26)25-14-4-6-16-17(10-14)28-8-7-27-16/h4,6,10,12H,3,5,7-9,11H2,1-2H3,(H,25,26). The fourth-order valence-corrected chi connectivity index (χ4v) is 6.36. The van der Waals surface area contributed by atoms with E-state index in [0.29, 0.717) is 42.1 Å². The van der Waals surface area contributed by atoms with Gasteiger partial charge in [-0.1, -0.05) is 18.7 Å². The molecule has 3 heterocycles. The maximum absolute atomic E-state index is 12.6. The van der Waals surface area contributed by atoms with Gasteiger partial charge in [0.1, 0.15) is 28.9 Å². The largest absolute Gasteiger partial charge is 0.486 e. The van der Waals surface area contributed by atoms with Crippen LogP contribution in [-0.2, 0) is 17.6 Å². The van der Waals surface area contributed by atoms with E-state index in [4.69, 9.17) is 9.47 Å². The number of hydrogen-bond acceptors (Lipinski definition) is 7. The number of amides is 1. The van der Waals surface area contributed by atoms with Gasteiger partial charge in [-0.15, -0.1) is 11.3 Å². The molecule has 0 saturated carbocycles. The Morgan fingerprint density at radius 2 is 2.10 bits per heavy atom. The number of fused-ring (bicyclic) bond motifs is 4. The number of thioether (sulfide) groups is 1. The Morgan fingerprint density at radius 1 is 1.27 bits per heavy atom. The minimum Gasteiger partial charge on any atom is -0.486 e. The van der Waals surface area contributed by atoms with Crippen molar-refractivity contribution in [2.24, 2.45) is 5.92 Å². The van der Waals surface area contributed by atoms with Crippen LogP contribution in [0.25, 0.3) is 10.2 Å². The first-order valence-electron chi connectivity index (χ1n) is 10.2. The van der Waals surface area contributed by atoms with Crippen molar-refractivity contribution in [3.63, 3.8) is 0 Å². The quantitative estimate of drug-likeness (QED) is 0.470. The molecule has 3 aromatic rings. The van der Waals surface area contributed by atoms with Crippen molar-refractivity contribution in [3.05, 3.63) is 34.5 Å². The lowest BCUT2D eigenvalue weighted by Crippen LogP contribution is -2.17. The van der Waals surface area contributed by atoms with Crippen LogP contribution in [0, 0.1) is 12.8 Å². The molecule has 1 amide bonds. The number of ether oxygens (including phenoxy) is 2. The fraction of sp³-hybridized carbons (Fsp3) is 0.409. The van der Waals surface area contributed by atoms with Crippen LogP contribution < -0.4 is 14.8 Å². The molecule has 156 valence electrons. The van der Waals surface area contributed by atoms with Gasteiger partial charge in [0.2, 0.25) is 5.91 Å². The summed E-state index contributed by atoms with van der Waals surface area (Å²) in [7, 11) is 0. The van der Waals surface area contributed by atoms with Crippen molar-refractivity contribution in [1.29, 1.82) is 0 Å². The van der Waals surface area contributed by atoms with E-state index in [9.17, 15) is 4.79 Å². The molecular formula is C22H23N3O3S2. The van der Waals surface area contributed by atoms with Crippen molar-refractivity contribution >= 4 is 44.9 Å². The van der Waals surface area contributed by atoms with Crippen molar-refractivity contribution < 1.29 is 14.3 Å². The lowest BCUT2D eigenvalue weighted by Gasteiger charge is -2.19. The summed E-state index contributed by atoms with van der Waals surface area (Å²) >= 11 is 3.28. The van der Waals surface area contributed by atoms with Gasteiger partial charge in [-0.25, -0.2) is 9.97 Å². The van der Waals surface area contributed by atoms with Crippen LogP contribution in [0.3, 0.4) is 0 Å². The molecule has 0 fully saturated rings. The van der Waals surface area contributed by atoms with Gasteiger partial charge in [0, 0.05) is 22.0 Å². The molecule has 5 rings (SSSR count). The molecule has 1 atom stereocenters. The van der Waals surface area contributed by atoms with Gasteiger partial charge in [0.15, 0.2) is 11.5 Å². The molecular weight excluding hydrogens is 418 g/mol. The van der Waals surface area contributed by atoms with Gasteiger partial charge < -0.3 is 14.8 Å². The number of thiophene rings is 1. The highest BCUT2D eigenvalue weighted by Gasteiger charge is 2.24. The lowest BCUT2D eigenvalue weighted by molar-refractivity contribution is -0.113. The van der Waals surface area contributed by atoms with Crippen molar-refractivity contribution in [2.45, 2.75) is 38.1 Å². The molecule has 1 aliphatic heterocycles. The Balaban J connectivity index is 1.33. The van der Waals surface area contributed by atoms with Gasteiger partial charge >= 0.3 is 0 Å². The van der Waals surface area contributed by atoms with E-state index in [2.05, 4.69) is 22.2 Å². The first-order valence-corrected chi connectivity index (χ1v) is 12.0. The minimum atomic E-state index is -0.0705. The Hall–Kier alpha value is -2.32. The van der Waals surface area contributed by atoms with E-state index in [0.717, 1.165) is 33.9 Å². The predicted octanol–water partition coefficient (Wildman–Crippen LogP) is 4.63. The zero-order valence-electron chi connectivity index (χ0n) is 17.0. The van der Waals surface area contributed by atoms with Gasteiger partial charge in [0.05, 0.1) is 5.75 Å². The number of aromatic nitrogens is 2. The molecule has 2 aliphatic rings. The number of carbonyl (C=O) groups is 1. The second-order valence-corrected chi connectivity index (χ2v) is 9.85. The minimum absolute atomic E-state index is 0.0705. The van der Waals surface area contributed by atoms with Crippen LogP contribution >= 0.6 is 23.1 Å². The number of nitrogens with zero attached hydrogens (tertiary/aromatic N) is 2. The summed E-state index contributed by atoms with van der Waals surface area (Å²) < 4.78 is 11.1. The van der Waals surface area contributed by atoms with Crippen molar-refractivity contribution in [3.8, 4) is 11.5 Å². The Bertz CT molecular complexity index is 1130. The summed E-state index contributed by atoms with van der Waals surface area (Å²) in [5, 5.41) is 5.03. The molecule has 0 radical (unpaired) electrons. The van der Waals surface area contributed by atoms with Crippen molar-refractivity contribution in [1.82, 2.24) is 9.97 Å². The maximum Gasteiger partial charge on any atom is 0.234 e. The Kier molecular flexibility index (Phi) is 5.28. The highest BCUT2D eigenvalue weighted by Crippen LogP contribution is 2.41. The number of aryl methyl sites for hydroxylation is 2. The topological polar surface area (TPSA) is 73.3 Å². The Labute approximate surface area is 183 Å². The van der Waals surface area contributed by atoms with Gasteiger partial charge in [-0.05, 0) is 49.8 Å². The molecule has 30 heavy (non-hydrogen) atoms. The van der Waals surface area contributed by atoms with E-state index in [1.54, 1.807) is 17.4 Å². The van der Waals surface area contributed by atoms with Crippen LogP contribution in [-0.4, -0.2) is 34.8 Å². The van der Waals surface area contributed by atoms with Crippen LogP contribution in [0.5, 0.6) is 11.5 Å². The number of anilines is 1. The van der Waals surface area contributed by atoms with E-state index < -0.39 is 0 Å². The normalized spacial score (nSPS) is 17.6. The molecule has 0 spiro atoms. The van der Waals surface area contributed by atoms with Gasteiger partial charge in [0.25, 0.3) is 0 Å². The number of benzene rings is 1. The van der Waals surface area contributed by atoms with Gasteiger partial charge in [-0.2, -0.15) is 0 Å². The number of rotatable bonds is 4. The van der Waals surface area contributed by atoms with E-state index in [1.165, 1.54) is 28.6 Å². The maximum atomic E-state index is 12.6. The summed E-state index contributed by atoms with van der Waals surface area (Å²) in [6.07, 6.45) is 3.38. The molecule has 0 bridgehead atoms. The first kappa shape index (κ1) is 19.6. The molecule has 6 nitrogen and oxygen atoms in total. The fourth-order valence-electron chi connectivity index (χ4n) is 3.97. The molecule has 2 aromatic heterocycles. The summed E-state index contributed by atoms with van der Waals surface area (Å²) in [5.41, 5.74) is 2.10. The van der Waals surface area contributed by atoms with Gasteiger partial charge in [-0.3, -0.25) is 4.79 Å². The predicted molar refractivity (Wildman–Crippen MR) is 120 cm³/mol. The molecule has 1 aromatic carbocycles. The number of hydrogen-bond donors (Lipinski definition) is 1. The monoisotopic (exact) mass is 441 g/mol. The van der Waals surface area contributed by atoms with Crippen LogP contribution in [0.15, 0.2) is 23.2 Å². The third-order valence-electron chi connectivity index (χ3n) is 5.40. The zero-order chi connectivity index (χ0) is 20.7. The second-order valence-electron chi connectivity index (χ2n) is 7.80. The van der Waals surface area contributed by atoms with Crippen LogP contribution in [0.4, 0.5) is 5.69 Å². The Morgan fingerprint density at radius 3 is 2.97 bits per heavy atom. The van der Waals surface area contributed by atoms with E-state index in [-0.39, 0.29) is 5.91 Å². The van der Waals surface area contributed by atoms with Crippen molar-refractivity contribution in [2.75, 3.05) is 24.3 Å². The van der Waals surface area contributed by atoms with Crippen LogP contribution in [0.1, 0.15) is 29.6 Å². The highest BCUT2D eigenvalue weighted by molar-refractivity contribution is 8.00. The smallest absolute Gasteiger partial charge is 0.234 e. The molecule has 0 saturated heterocycles. The van der Waals surface area contributed by atoms with E-state index >= 15 is 0 Å². The molecule has 1 N–H and O–H groups in total. The number of carbonyl (C=O) groups excluding carboxylic acids is 1. The first-order chi connectivity index (χ1) is 14.6. The SMILES string of the molecule is Cc1nc(SCC(=O)Nc2ccc3c(c2)OCCO3)c2c3c(sc2n1)CC(C)CC3. The highest BCUT2D eigenvalue weighted by atomic mass is 32.2. The molecule has 1 unspecified atom stereocenters. The second kappa shape index (κ2) is 8.07. The summed E-state index contributed by atoms with van der Waals surface area (Å²) in [5.74, 6) is 3.07. The summed E-state index contributed by atoms with van der Waals surface area (Å²) in [4.78, 5) is 24.4. The summed E-state index contributed by atoms with van der Waals surface area (Å²) in [6, 6.07) is 5.47. The third-order valence-corrected chi connectivity index (χ3v) is 7.52. The average Bonchev–Trinajstić information content (AvgIpc) is 3.09. The number of nitrogens with one attached hydrogen (secondary N) is 1. The van der Waals surface area contributed by atoms with Crippen LogP contribution in [0.2, 0.25) is 0 Å². The summed E-state index contributed by atoms with van der Waals surface area (Å²) in [6.45, 7) is 5.29. The lowest BCUT2D eigenvalue weighted by atomic mass is 9.89. The molecule has 8 heteroatoms. The third kappa shape index (κ3) is 3.86. The van der Waals surface area contributed by atoms with E-state index in [1.807, 2.05) is 19.1 Å². The average molecular weight is 442 g/mol.